The number of carbonyl (C=O) groups is 1. The Bertz CT molecular complexity index is 616. The van der Waals surface area contributed by atoms with E-state index in [9.17, 15) is 15.0 Å². The number of aliphatic hydroxyl groups is 2. The number of likely N-dealkylation sites (tertiary alicyclic amines) is 1. The van der Waals surface area contributed by atoms with Crippen LogP contribution in [0.3, 0.4) is 0 Å². The molecule has 0 aromatic rings. The monoisotopic (exact) mass is 423 g/mol. The molecular weight excluding hydrogens is 382 g/mol. The Morgan fingerprint density at radius 2 is 1.87 bits per heavy atom. The predicted octanol–water partition coefficient (Wildman–Crippen LogP) is 0.731. The first-order chi connectivity index (χ1) is 14.1. The zero-order valence-electron chi connectivity index (χ0n) is 19.0. The summed E-state index contributed by atoms with van der Waals surface area (Å²) in [7, 11) is 1.79. The van der Waals surface area contributed by atoms with Gasteiger partial charge in [-0.15, -0.1) is 0 Å². The van der Waals surface area contributed by atoms with Crippen LogP contribution in [0.25, 0.3) is 0 Å². The van der Waals surface area contributed by atoms with Crippen molar-refractivity contribution in [2.45, 2.75) is 89.6 Å². The van der Waals surface area contributed by atoms with Gasteiger partial charge in [0, 0.05) is 32.3 Å². The Kier molecular flexibility index (Phi) is 7.45. The number of hydrogen-bond donors (Lipinski definition) is 5. The maximum absolute atomic E-state index is 13.7. The standard InChI is InChI=1S/C22H41N5O3/c1-14(23-5)18-11-16(28)12-26(18)21(30)20(22(2,3)4)27-13-17(24-25-27)19(29)15-9-7-6-8-10-15/h15-20,23-25,28-29H,1,6-13H2,2-5H3. The van der Waals surface area contributed by atoms with Crippen molar-refractivity contribution in [2.75, 3.05) is 20.1 Å². The van der Waals surface area contributed by atoms with E-state index >= 15 is 0 Å². The molecule has 3 aliphatic rings. The van der Waals surface area contributed by atoms with E-state index < -0.39 is 18.2 Å². The van der Waals surface area contributed by atoms with E-state index in [1.165, 1.54) is 19.3 Å². The van der Waals surface area contributed by atoms with Crippen LogP contribution in [0.2, 0.25) is 0 Å². The highest BCUT2D eigenvalue weighted by atomic mass is 16.3. The van der Waals surface area contributed by atoms with Crippen LogP contribution in [0.4, 0.5) is 0 Å². The van der Waals surface area contributed by atoms with Gasteiger partial charge in [-0.05, 0) is 24.2 Å². The zero-order valence-corrected chi connectivity index (χ0v) is 19.0. The van der Waals surface area contributed by atoms with Gasteiger partial charge in [0.1, 0.15) is 6.04 Å². The van der Waals surface area contributed by atoms with Gasteiger partial charge in [0.15, 0.2) is 0 Å². The third-order valence-electron chi connectivity index (χ3n) is 6.98. The molecule has 1 saturated carbocycles. The van der Waals surface area contributed by atoms with Crippen LogP contribution >= 0.6 is 0 Å². The van der Waals surface area contributed by atoms with Crippen molar-refractivity contribution in [2.24, 2.45) is 11.3 Å². The molecule has 2 heterocycles. The van der Waals surface area contributed by atoms with Crippen LogP contribution < -0.4 is 16.3 Å². The van der Waals surface area contributed by atoms with Gasteiger partial charge in [0.2, 0.25) is 5.91 Å². The topological polar surface area (TPSA) is 100 Å². The Hall–Kier alpha value is -1.19. The van der Waals surface area contributed by atoms with Gasteiger partial charge in [-0.1, -0.05) is 46.6 Å². The lowest BCUT2D eigenvalue weighted by Crippen LogP contribution is -2.59. The average Bonchev–Trinajstić information content (AvgIpc) is 3.33. The Balaban J connectivity index is 1.73. The molecule has 0 bridgehead atoms. The van der Waals surface area contributed by atoms with Crippen LogP contribution in [0.5, 0.6) is 0 Å². The molecule has 8 nitrogen and oxygen atoms in total. The summed E-state index contributed by atoms with van der Waals surface area (Å²) in [4.78, 5) is 15.5. The number of hydrazine groups is 2. The summed E-state index contributed by atoms with van der Waals surface area (Å²) in [5.74, 6) is 0.293. The fourth-order valence-corrected chi connectivity index (χ4v) is 5.32. The van der Waals surface area contributed by atoms with Crippen molar-refractivity contribution in [1.29, 1.82) is 0 Å². The molecule has 2 aliphatic heterocycles. The number of carbonyl (C=O) groups excluding carboxylic acids is 1. The minimum Gasteiger partial charge on any atom is -0.391 e. The quantitative estimate of drug-likeness (QED) is 0.429. The number of β-amino-alcohol motifs (C(OH)–C–C–N with tert-alkyl or cyclic N) is 1. The van der Waals surface area contributed by atoms with Gasteiger partial charge in [-0.3, -0.25) is 4.79 Å². The molecule has 0 spiro atoms. The number of hydrogen-bond acceptors (Lipinski definition) is 7. The second-order valence-corrected chi connectivity index (χ2v) is 10.3. The molecule has 0 radical (unpaired) electrons. The van der Waals surface area contributed by atoms with Gasteiger partial charge >= 0.3 is 0 Å². The molecular formula is C22H41N5O3. The summed E-state index contributed by atoms with van der Waals surface area (Å²) in [6.45, 7) is 11.1. The SMILES string of the molecule is C=C(NC)C1CC(O)CN1C(=O)C(N1CC(C(O)C2CCCCC2)NN1)C(C)(C)C. The Labute approximate surface area is 181 Å². The van der Waals surface area contributed by atoms with E-state index in [0.717, 1.165) is 18.5 Å². The molecule has 30 heavy (non-hydrogen) atoms. The molecule has 0 aromatic heterocycles. The lowest BCUT2D eigenvalue weighted by atomic mass is 9.82. The summed E-state index contributed by atoms with van der Waals surface area (Å²) in [5.41, 5.74) is 6.82. The first-order valence-electron chi connectivity index (χ1n) is 11.4. The average molecular weight is 424 g/mol. The maximum Gasteiger partial charge on any atom is 0.242 e. The fourth-order valence-electron chi connectivity index (χ4n) is 5.32. The maximum atomic E-state index is 13.7. The van der Waals surface area contributed by atoms with Gasteiger partial charge in [0.05, 0.1) is 24.3 Å². The van der Waals surface area contributed by atoms with Crippen LogP contribution in [0.15, 0.2) is 12.3 Å². The molecule has 2 saturated heterocycles. The molecule has 3 rings (SSSR count). The molecule has 5 N–H and O–H groups in total. The molecule has 1 amide bonds. The van der Waals surface area contributed by atoms with Crippen molar-refractivity contribution in [1.82, 2.24) is 26.2 Å². The van der Waals surface area contributed by atoms with E-state index in [4.69, 9.17) is 0 Å². The van der Waals surface area contributed by atoms with Crippen molar-refractivity contribution < 1.29 is 15.0 Å². The summed E-state index contributed by atoms with van der Waals surface area (Å²) < 4.78 is 0. The predicted molar refractivity (Wildman–Crippen MR) is 117 cm³/mol. The largest absolute Gasteiger partial charge is 0.391 e. The first kappa shape index (κ1) is 23.5. The molecule has 5 unspecified atom stereocenters. The highest BCUT2D eigenvalue weighted by Crippen LogP contribution is 2.33. The normalized spacial score (nSPS) is 31.0. The third-order valence-corrected chi connectivity index (χ3v) is 6.98. The lowest BCUT2D eigenvalue weighted by Gasteiger charge is -2.40. The van der Waals surface area contributed by atoms with E-state index in [1.807, 2.05) is 5.01 Å². The van der Waals surface area contributed by atoms with E-state index in [1.54, 1.807) is 11.9 Å². The molecule has 5 atom stereocenters. The number of likely N-dealkylation sites (N-methyl/N-ethyl adjacent to an activating group) is 1. The Morgan fingerprint density at radius 3 is 2.47 bits per heavy atom. The van der Waals surface area contributed by atoms with Crippen LogP contribution in [-0.4, -0.2) is 76.5 Å². The Morgan fingerprint density at radius 1 is 1.20 bits per heavy atom. The summed E-state index contributed by atoms with van der Waals surface area (Å²) >= 11 is 0. The number of amides is 1. The highest BCUT2D eigenvalue weighted by Gasteiger charge is 2.47. The van der Waals surface area contributed by atoms with Gasteiger partial charge < -0.3 is 20.4 Å². The summed E-state index contributed by atoms with van der Waals surface area (Å²) in [6, 6.07) is -0.773. The highest BCUT2D eigenvalue weighted by molar-refractivity contribution is 5.83. The van der Waals surface area contributed by atoms with Crippen molar-refractivity contribution >= 4 is 5.91 Å². The zero-order chi connectivity index (χ0) is 22.1. The molecule has 3 fully saturated rings. The summed E-state index contributed by atoms with van der Waals surface area (Å²) in [5, 5.41) is 26.1. The van der Waals surface area contributed by atoms with Crippen molar-refractivity contribution in [3.63, 3.8) is 0 Å². The van der Waals surface area contributed by atoms with Crippen LogP contribution in [0.1, 0.15) is 59.3 Å². The minimum absolute atomic E-state index is 0.0254. The number of rotatable bonds is 6. The van der Waals surface area contributed by atoms with Crippen molar-refractivity contribution in [3.05, 3.63) is 12.3 Å². The van der Waals surface area contributed by atoms with E-state index in [0.29, 0.717) is 25.4 Å². The van der Waals surface area contributed by atoms with Crippen molar-refractivity contribution in [3.8, 4) is 0 Å². The van der Waals surface area contributed by atoms with E-state index in [2.05, 4.69) is 43.6 Å². The van der Waals surface area contributed by atoms with E-state index in [-0.39, 0.29) is 23.4 Å². The number of nitrogens with zero attached hydrogens (tertiary/aromatic N) is 2. The number of nitrogens with one attached hydrogen (secondary N) is 3. The lowest BCUT2D eigenvalue weighted by molar-refractivity contribution is -0.143. The fraction of sp³-hybridized carbons (Fsp3) is 0.864. The van der Waals surface area contributed by atoms with Gasteiger partial charge in [-0.25, -0.2) is 10.4 Å². The van der Waals surface area contributed by atoms with Crippen LogP contribution in [0, 0.1) is 11.3 Å². The third kappa shape index (κ3) is 4.99. The number of aliphatic hydroxyl groups excluding tert-OH is 2. The second-order valence-electron chi connectivity index (χ2n) is 10.3. The molecule has 8 heteroatoms. The van der Waals surface area contributed by atoms with Gasteiger partial charge in [-0.2, -0.15) is 5.53 Å². The summed E-state index contributed by atoms with van der Waals surface area (Å²) in [6.07, 6.45) is 5.29. The first-order valence-corrected chi connectivity index (χ1v) is 11.4. The van der Waals surface area contributed by atoms with Gasteiger partial charge in [0.25, 0.3) is 0 Å². The molecule has 1 aliphatic carbocycles. The molecule has 172 valence electrons. The second kappa shape index (κ2) is 9.53. The minimum atomic E-state index is -0.546. The van der Waals surface area contributed by atoms with Crippen LogP contribution in [-0.2, 0) is 4.79 Å². The smallest absolute Gasteiger partial charge is 0.242 e. The molecule has 0 aromatic carbocycles.